The second-order valence-electron chi connectivity index (χ2n) is 6.00. The van der Waals surface area contributed by atoms with E-state index >= 15 is 0 Å². The molecule has 1 aliphatic carbocycles. The van der Waals surface area contributed by atoms with E-state index in [9.17, 15) is 4.79 Å². The van der Waals surface area contributed by atoms with Gasteiger partial charge in [0.05, 0.1) is 0 Å². The van der Waals surface area contributed by atoms with Crippen LogP contribution in [0, 0.1) is 11.3 Å². The summed E-state index contributed by atoms with van der Waals surface area (Å²) in [5, 5.41) is 0. The molecule has 0 aromatic rings. The van der Waals surface area contributed by atoms with Gasteiger partial charge in [0.1, 0.15) is 0 Å². The number of rotatable bonds is 5. The molecule has 0 spiro atoms. The fraction of sp³-hybridized carbons (Fsp3) is 0.929. The SMILES string of the molecule is CC(C)CC1(C(=O)N(C)C(C)CCl)CCCC1. The molecule has 0 radical (unpaired) electrons. The van der Waals surface area contributed by atoms with Crippen LogP contribution in [0.5, 0.6) is 0 Å². The van der Waals surface area contributed by atoms with Crippen molar-refractivity contribution in [1.29, 1.82) is 0 Å². The molecule has 1 atom stereocenters. The number of carbonyl (C=O) groups is 1. The normalized spacial score (nSPS) is 20.6. The summed E-state index contributed by atoms with van der Waals surface area (Å²) in [6.45, 7) is 6.43. The van der Waals surface area contributed by atoms with Crippen LogP contribution in [0.2, 0.25) is 0 Å². The first-order valence-corrected chi connectivity index (χ1v) is 7.29. The van der Waals surface area contributed by atoms with Gasteiger partial charge in [-0.3, -0.25) is 4.79 Å². The molecule has 0 saturated heterocycles. The predicted molar refractivity (Wildman–Crippen MR) is 73.3 cm³/mol. The van der Waals surface area contributed by atoms with Crippen molar-refractivity contribution in [2.75, 3.05) is 12.9 Å². The van der Waals surface area contributed by atoms with Crippen molar-refractivity contribution < 1.29 is 4.79 Å². The van der Waals surface area contributed by atoms with Crippen LogP contribution in [0.3, 0.4) is 0 Å². The highest BCUT2D eigenvalue weighted by atomic mass is 35.5. The Kier molecular flexibility index (Phi) is 5.30. The van der Waals surface area contributed by atoms with Gasteiger partial charge >= 0.3 is 0 Å². The summed E-state index contributed by atoms with van der Waals surface area (Å²) in [6, 6.07) is 0.133. The average Bonchev–Trinajstić information content (AvgIpc) is 2.74. The van der Waals surface area contributed by atoms with E-state index in [1.165, 1.54) is 12.8 Å². The molecule has 3 heteroatoms. The average molecular weight is 260 g/mol. The third-order valence-corrected chi connectivity index (χ3v) is 4.46. The Labute approximate surface area is 111 Å². The second-order valence-corrected chi connectivity index (χ2v) is 6.31. The maximum absolute atomic E-state index is 12.7. The first kappa shape index (κ1) is 14.8. The number of carbonyl (C=O) groups excluding carboxylic acids is 1. The standard InChI is InChI=1S/C14H26ClNO/c1-11(2)9-14(7-5-6-8-14)13(17)16(4)12(3)10-15/h11-12H,5-10H2,1-4H3. The molecule has 1 amide bonds. The third kappa shape index (κ3) is 3.37. The van der Waals surface area contributed by atoms with Gasteiger partial charge in [-0.25, -0.2) is 0 Å². The van der Waals surface area contributed by atoms with Gasteiger partial charge in [-0.1, -0.05) is 26.7 Å². The van der Waals surface area contributed by atoms with Gasteiger partial charge < -0.3 is 4.90 Å². The predicted octanol–water partition coefficient (Wildman–Crippen LogP) is 3.68. The molecule has 0 bridgehead atoms. The molecule has 1 unspecified atom stereocenters. The maximum atomic E-state index is 12.7. The molecule has 100 valence electrons. The quantitative estimate of drug-likeness (QED) is 0.690. The van der Waals surface area contributed by atoms with Crippen molar-refractivity contribution in [3.05, 3.63) is 0 Å². The van der Waals surface area contributed by atoms with Gasteiger partial charge in [0.15, 0.2) is 0 Å². The number of halogens is 1. The molecule has 1 aliphatic rings. The molecule has 0 heterocycles. The minimum Gasteiger partial charge on any atom is -0.341 e. The highest BCUT2D eigenvalue weighted by Gasteiger charge is 2.43. The zero-order chi connectivity index (χ0) is 13.1. The zero-order valence-corrected chi connectivity index (χ0v) is 12.4. The molecule has 0 N–H and O–H groups in total. The van der Waals surface area contributed by atoms with Crippen LogP contribution < -0.4 is 0 Å². The molecule has 0 aromatic carbocycles. The van der Waals surface area contributed by atoms with E-state index in [2.05, 4.69) is 13.8 Å². The van der Waals surface area contributed by atoms with Gasteiger partial charge in [0.2, 0.25) is 5.91 Å². The number of hydrogen-bond donors (Lipinski definition) is 0. The molecule has 0 aliphatic heterocycles. The maximum Gasteiger partial charge on any atom is 0.228 e. The van der Waals surface area contributed by atoms with Crippen LogP contribution in [0.4, 0.5) is 0 Å². The minimum absolute atomic E-state index is 0.0940. The van der Waals surface area contributed by atoms with E-state index in [1.807, 2.05) is 18.9 Å². The fourth-order valence-corrected chi connectivity index (χ4v) is 3.22. The van der Waals surface area contributed by atoms with E-state index in [1.54, 1.807) is 0 Å². The Balaban J connectivity index is 2.80. The number of alkyl halides is 1. The van der Waals surface area contributed by atoms with Crippen LogP contribution in [0.15, 0.2) is 0 Å². The summed E-state index contributed by atoms with van der Waals surface area (Å²) >= 11 is 5.85. The molecule has 1 fully saturated rings. The largest absolute Gasteiger partial charge is 0.341 e. The Morgan fingerprint density at radius 3 is 2.24 bits per heavy atom. The molecule has 1 saturated carbocycles. The minimum atomic E-state index is -0.0940. The van der Waals surface area contributed by atoms with Crippen molar-refractivity contribution in [2.24, 2.45) is 11.3 Å². The summed E-state index contributed by atoms with van der Waals surface area (Å²) < 4.78 is 0. The number of amides is 1. The summed E-state index contributed by atoms with van der Waals surface area (Å²) in [7, 11) is 1.90. The van der Waals surface area contributed by atoms with E-state index < -0.39 is 0 Å². The van der Waals surface area contributed by atoms with Gasteiger partial charge in [-0.2, -0.15) is 0 Å². The monoisotopic (exact) mass is 259 g/mol. The van der Waals surface area contributed by atoms with Crippen LogP contribution in [0.25, 0.3) is 0 Å². The molecule has 0 aromatic heterocycles. The smallest absolute Gasteiger partial charge is 0.228 e. The van der Waals surface area contributed by atoms with Crippen LogP contribution in [-0.2, 0) is 4.79 Å². The van der Waals surface area contributed by atoms with Gasteiger partial charge in [0, 0.05) is 24.4 Å². The van der Waals surface area contributed by atoms with E-state index in [0.29, 0.717) is 17.7 Å². The van der Waals surface area contributed by atoms with Crippen molar-refractivity contribution in [3.63, 3.8) is 0 Å². The number of nitrogens with zero attached hydrogens (tertiary/aromatic N) is 1. The van der Waals surface area contributed by atoms with E-state index in [-0.39, 0.29) is 11.5 Å². The Hall–Kier alpha value is -0.240. The van der Waals surface area contributed by atoms with Gasteiger partial charge in [0.25, 0.3) is 0 Å². The molecular weight excluding hydrogens is 234 g/mol. The fourth-order valence-electron chi connectivity index (χ4n) is 3.02. The number of hydrogen-bond acceptors (Lipinski definition) is 1. The first-order valence-electron chi connectivity index (χ1n) is 6.76. The molecule has 2 nitrogen and oxygen atoms in total. The van der Waals surface area contributed by atoms with Crippen molar-refractivity contribution in [1.82, 2.24) is 4.90 Å². The van der Waals surface area contributed by atoms with Gasteiger partial charge in [-0.05, 0) is 32.1 Å². The topological polar surface area (TPSA) is 20.3 Å². The van der Waals surface area contributed by atoms with Crippen molar-refractivity contribution in [2.45, 2.75) is 58.9 Å². The first-order chi connectivity index (χ1) is 7.93. The zero-order valence-electron chi connectivity index (χ0n) is 11.6. The lowest BCUT2D eigenvalue weighted by Gasteiger charge is -2.36. The van der Waals surface area contributed by atoms with Crippen LogP contribution in [-0.4, -0.2) is 29.8 Å². The highest BCUT2D eigenvalue weighted by Crippen LogP contribution is 2.44. The van der Waals surface area contributed by atoms with Crippen LogP contribution in [0.1, 0.15) is 52.9 Å². The lowest BCUT2D eigenvalue weighted by atomic mass is 9.77. The summed E-state index contributed by atoms with van der Waals surface area (Å²) in [6.07, 6.45) is 5.53. The van der Waals surface area contributed by atoms with Crippen molar-refractivity contribution >= 4 is 17.5 Å². The van der Waals surface area contributed by atoms with Crippen molar-refractivity contribution in [3.8, 4) is 0 Å². The second kappa shape index (κ2) is 6.08. The Bertz CT molecular complexity index is 259. The summed E-state index contributed by atoms with van der Waals surface area (Å²) in [5.74, 6) is 1.41. The summed E-state index contributed by atoms with van der Waals surface area (Å²) in [5.41, 5.74) is -0.0940. The molecule has 1 rings (SSSR count). The molecule has 17 heavy (non-hydrogen) atoms. The van der Waals surface area contributed by atoms with E-state index in [4.69, 9.17) is 11.6 Å². The Morgan fingerprint density at radius 2 is 1.82 bits per heavy atom. The third-order valence-electron chi connectivity index (χ3n) is 4.02. The lowest BCUT2D eigenvalue weighted by molar-refractivity contribution is -0.143. The summed E-state index contributed by atoms with van der Waals surface area (Å²) in [4.78, 5) is 14.5. The van der Waals surface area contributed by atoms with Gasteiger partial charge in [-0.15, -0.1) is 11.6 Å². The van der Waals surface area contributed by atoms with E-state index in [0.717, 1.165) is 19.3 Å². The molecular formula is C14H26ClNO. The highest BCUT2D eigenvalue weighted by molar-refractivity contribution is 6.18. The Morgan fingerprint density at radius 1 is 1.29 bits per heavy atom. The lowest BCUT2D eigenvalue weighted by Crippen LogP contribution is -2.45. The van der Waals surface area contributed by atoms with Crippen LogP contribution >= 0.6 is 11.6 Å².